The van der Waals surface area contributed by atoms with Crippen LogP contribution in [0.5, 0.6) is 0 Å². The molecule has 0 saturated carbocycles. The van der Waals surface area contributed by atoms with Crippen LogP contribution in [0.1, 0.15) is 0 Å². The van der Waals surface area contributed by atoms with Gasteiger partial charge in [-0.2, -0.15) is 0 Å². The first kappa shape index (κ1) is 13.3. The summed E-state index contributed by atoms with van der Waals surface area (Å²) in [5, 5.41) is 2.72. The fraction of sp³-hybridized carbons (Fsp3) is 0.200. The highest BCUT2D eigenvalue weighted by molar-refractivity contribution is 6.99. The number of rotatable bonds is 4. The molecular weight excluding hydrogens is 252 g/mol. The van der Waals surface area contributed by atoms with Gasteiger partial charge in [0.2, 0.25) is 8.32 Å². The SMILES string of the molecule is C[SiH](C)O[Si](C)(c1ccccc1)c1ccccc1. The Morgan fingerprint density at radius 3 is 1.50 bits per heavy atom. The van der Waals surface area contributed by atoms with E-state index < -0.39 is 17.4 Å². The lowest BCUT2D eigenvalue weighted by atomic mass is 10.4. The van der Waals surface area contributed by atoms with Crippen LogP contribution in [0.2, 0.25) is 19.6 Å². The average molecular weight is 272 g/mol. The minimum Gasteiger partial charge on any atom is -0.452 e. The van der Waals surface area contributed by atoms with E-state index in [4.69, 9.17) is 4.12 Å². The molecular formula is C15H20OSi2. The molecule has 0 radical (unpaired) electrons. The second-order valence-corrected chi connectivity index (χ2v) is 11.2. The van der Waals surface area contributed by atoms with Crippen LogP contribution in [0.25, 0.3) is 0 Å². The van der Waals surface area contributed by atoms with Crippen LogP contribution in [-0.4, -0.2) is 17.4 Å². The van der Waals surface area contributed by atoms with Crippen molar-refractivity contribution in [3.8, 4) is 0 Å². The lowest BCUT2D eigenvalue weighted by molar-refractivity contribution is 0.597. The lowest BCUT2D eigenvalue weighted by Gasteiger charge is -2.30. The number of benzene rings is 2. The highest BCUT2D eigenvalue weighted by Gasteiger charge is 2.34. The minimum atomic E-state index is -2.00. The molecule has 0 aromatic heterocycles. The maximum absolute atomic E-state index is 6.49. The summed E-state index contributed by atoms with van der Waals surface area (Å²) >= 11 is 0. The van der Waals surface area contributed by atoms with Crippen molar-refractivity contribution in [1.29, 1.82) is 0 Å². The zero-order chi connectivity index (χ0) is 13.0. The van der Waals surface area contributed by atoms with E-state index in [2.05, 4.69) is 80.3 Å². The van der Waals surface area contributed by atoms with Gasteiger partial charge in [-0.15, -0.1) is 0 Å². The molecule has 0 amide bonds. The predicted octanol–water partition coefficient (Wildman–Crippen LogP) is 2.38. The van der Waals surface area contributed by atoms with E-state index in [1.54, 1.807) is 0 Å². The highest BCUT2D eigenvalue weighted by Crippen LogP contribution is 2.09. The third-order valence-electron chi connectivity index (χ3n) is 3.12. The van der Waals surface area contributed by atoms with Crippen molar-refractivity contribution in [3.05, 3.63) is 60.7 Å². The summed E-state index contributed by atoms with van der Waals surface area (Å²) in [7, 11) is -3.08. The quantitative estimate of drug-likeness (QED) is 0.777. The molecule has 0 N–H and O–H groups in total. The van der Waals surface area contributed by atoms with Crippen LogP contribution < -0.4 is 10.4 Å². The van der Waals surface area contributed by atoms with Gasteiger partial charge in [0.05, 0.1) is 0 Å². The zero-order valence-corrected chi connectivity index (χ0v) is 13.4. The highest BCUT2D eigenvalue weighted by atomic mass is 28.4. The van der Waals surface area contributed by atoms with Crippen LogP contribution in [0, 0.1) is 0 Å². The smallest absolute Gasteiger partial charge is 0.241 e. The van der Waals surface area contributed by atoms with Crippen molar-refractivity contribution in [2.24, 2.45) is 0 Å². The Kier molecular flexibility index (Phi) is 4.16. The van der Waals surface area contributed by atoms with Crippen LogP contribution in [0.15, 0.2) is 60.7 Å². The van der Waals surface area contributed by atoms with E-state index >= 15 is 0 Å². The van der Waals surface area contributed by atoms with Gasteiger partial charge in [0.15, 0.2) is 9.04 Å². The Balaban J connectivity index is 2.48. The molecule has 2 rings (SSSR count). The fourth-order valence-electron chi connectivity index (χ4n) is 2.29. The van der Waals surface area contributed by atoms with E-state index in [1.165, 1.54) is 10.4 Å². The molecule has 0 aliphatic rings. The third-order valence-corrected chi connectivity index (χ3v) is 9.76. The molecule has 94 valence electrons. The first-order chi connectivity index (χ1) is 8.63. The van der Waals surface area contributed by atoms with Gasteiger partial charge >= 0.3 is 0 Å². The Bertz CT molecular complexity index is 443. The van der Waals surface area contributed by atoms with E-state index in [-0.39, 0.29) is 0 Å². The molecule has 0 unspecified atom stereocenters. The molecule has 0 atom stereocenters. The van der Waals surface area contributed by atoms with Crippen molar-refractivity contribution in [3.63, 3.8) is 0 Å². The summed E-state index contributed by atoms with van der Waals surface area (Å²) < 4.78 is 6.49. The van der Waals surface area contributed by atoms with Gasteiger partial charge in [0, 0.05) is 0 Å². The third kappa shape index (κ3) is 2.80. The second-order valence-electron chi connectivity index (χ2n) is 4.93. The first-order valence-electron chi connectivity index (χ1n) is 6.42. The summed E-state index contributed by atoms with van der Waals surface area (Å²) in [5.74, 6) is 0. The molecule has 18 heavy (non-hydrogen) atoms. The zero-order valence-electron chi connectivity index (χ0n) is 11.3. The van der Waals surface area contributed by atoms with Crippen molar-refractivity contribution < 1.29 is 4.12 Å². The maximum Gasteiger partial charge on any atom is 0.241 e. The average Bonchev–Trinajstić information content (AvgIpc) is 2.40. The van der Waals surface area contributed by atoms with Crippen LogP contribution in [0.3, 0.4) is 0 Å². The van der Waals surface area contributed by atoms with Gasteiger partial charge in [-0.1, -0.05) is 60.7 Å². The summed E-state index contributed by atoms with van der Waals surface area (Å²) in [6, 6.07) is 21.4. The Hall–Kier alpha value is -1.17. The van der Waals surface area contributed by atoms with E-state index in [0.717, 1.165) is 0 Å². The van der Waals surface area contributed by atoms with E-state index in [0.29, 0.717) is 0 Å². The molecule has 0 bridgehead atoms. The standard InChI is InChI=1S/C15H20OSi2/c1-17(2)16-18(3,14-10-6-4-7-11-14)15-12-8-5-9-13-15/h4-13,17H,1-3H3. The van der Waals surface area contributed by atoms with Crippen molar-refractivity contribution in [2.45, 2.75) is 19.6 Å². The maximum atomic E-state index is 6.49. The molecule has 0 fully saturated rings. The lowest BCUT2D eigenvalue weighted by Crippen LogP contribution is -2.60. The predicted molar refractivity (Wildman–Crippen MR) is 83.7 cm³/mol. The van der Waals surface area contributed by atoms with Gasteiger partial charge in [-0.05, 0) is 30.0 Å². The Labute approximate surface area is 112 Å². The van der Waals surface area contributed by atoms with Gasteiger partial charge in [0.25, 0.3) is 0 Å². The van der Waals surface area contributed by atoms with Gasteiger partial charge in [0.1, 0.15) is 0 Å². The number of hydrogen-bond acceptors (Lipinski definition) is 1. The monoisotopic (exact) mass is 272 g/mol. The van der Waals surface area contributed by atoms with E-state index in [9.17, 15) is 0 Å². The summed E-state index contributed by atoms with van der Waals surface area (Å²) in [6.45, 7) is 6.80. The van der Waals surface area contributed by atoms with Crippen molar-refractivity contribution in [2.75, 3.05) is 0 Å². The van der Waals surface area contributed by atoms with Gasteiger partial charge < -0.3 is 4.12 Å². The molecule has 0 spiro atoms. The van der Waals surface area contributed by atoms with Crippen LogP contribution in [0.4, 0.5) is 0 Å². The topological polar surface area (TPSA) is 9.23 Å². The molecule has 0 saturated heterocycles. The molecule has 0 aliphatic heterocycles. The Morgan fingerprint density at radius 1 is 0.778 bits per heavy atom. The largest absolute Gasteiger partial charge is 0.452 e. The van der Waals surface area contributed by atoms with Gasteiger partial charge in [-0.25, -0.2) is 0 Å². The molecule has 1 nitrogen and oxygen atoms in total. The minimum absolute atomic E-state index is 1.07. The summed E-state index contributed by atoms with van der Waals surface area (Å²) in [5.41, 5.74) is 0. The first-order valence-corrected chi connectivity index (χ1v) is 11.6. The molecule has 2 aromatic rings. The van der Waals surface area contributed by atoms with Crippen molar-refractivity contribution >= 4 is 27.7 Å². The van der Waals surface area contributed by atoms with Crippen molar-refractivity contribution in [1.82, 2.24) is 0 Å². The van der Waals surface area contributed by atoms with Crippen LogP contribution >= 0.6 is 0 Å². The molecule has 0 heterocycles. The molecule has 0 aliphatic carbocycles. The second kappa shape index (κ2) is 5.65. The fourth-order valence-corrected chi connectivity index (χ4v) is 9.14. The molecule has 2 aromatic carbocycles. The number of hydrogen-bond donors (Lipinski definition) is 0. The van der Waals surface area contributed by atoms with E-state index in [1.807, 2.05) is 0 Å². The normalized spacial score (nSPS) is 11.8. The van der Waals surface area contributed by atoms with Crippen LogP contribution in [-0.2, 0) is 4.12 Å². The summed E-state index contributed by atoms with van der Waals surface area (Å²) in [4.78, 5) is 0. The Morgan fingerprint density at radius 2 is 1.17 bits per heavy atom. The summed E-state index contributed by atoms with van der Waals surface area (Å²) in [6.07, 6.45) is 0. The molecule has 3 heteroatoms. The van der Waals surface area contributed by atoms with Gasteiger partial charge in [-0.3, -0.25) is 0 Å².